The predicted molar refractivity (Wildman–Crippen MR) is 102 cm³/mol. The summed E-state index contributed by atoms with van der Waals surface area (Å²) in [6.07, 6.45) is 2.74. The van der Waals surface area contributed by atoms with Crippen LogP contribution in [0.5, 0.6) is 0 Å². The van der Waals surface area contributed by atoms with Gasteiger partial charge in [0.15, 0.2) is 0 Å². The van der Waals surface area contributed by atoms with Gasteiger partial charge in [0, 0.05) is 43.3 Å². The topological polar surface area (TPSA) is 75.9 Å². The van der Waals surface area contributed by atoms with E-state index in [0.29, 0.717) is 17.7 Å². The molecule has 1 saturated heterocycles. The van der Waals surface area contributed by atoms with Crippen LogP contribution in [0.15, 0.2) is 41.9 Å². The van der Waals surface area contributed by atoms with E-state index in [9.17, 15) is 4.79 Å². The van der Waals surface area contributed by atoms with Gasteiger partial charge in [-0.2, -0.15) is 0 Å². The summed E-state index contributed by atoms with van der Waals surface area (Å²) < 4.78 is 2.01. The number of anilines is 1. The molecule has 0 aliphatic carbocycles. The van der Waals surface area contributed by atoms with Crippen LogP contribution in [-0.4, -0.2) is 43.6 Å². The molecule has 2 aliphatic rings. The molecule has 5 rings (SSSR count). The Bertz CT molecular complexity index is 939. The van der Waals surface area contributed by atoms with E-state index in [0.717, 1.165) is 49.1 Å². The molecule has 1 aromatic carbocycles. The highest BCUT2D eigenvalue weighted by molar-refractivity contribution is 7.09. The minimum atomic E-state index is -0.198. The Kier molecular flexibility index (Phi) is 4.21. The number of nitrogens with zero attached hydrogens (tertiary/aromatic N) is 5. The monoisotopic (exact) mass is 380 g/mol. The molecule has 27 heavy (non-hydrogen) atoms. The van der Waals surface area contributed by atoms with Crippen LogP contribution in [-0.2, 0) is 19.5 Å². The third-order valence-electron chi connectivity index (χ3n) is 5.42. The number of fused-ring (bicyclic) bond motifs is 2. The molecule has 1 fully saturated rings. The molecule has 8 heteroatoms. The lowest BCUT2D eigenvalue weighted by atomic mass is 9.89. The van der Waals surface area contributed by atoms with Crippen molar-refractivity contribution in [2.24, 2.45) is 11.8 Å². The number of likely N-dealkylation sites (tertiary alicyclic amines) is 1. The van der Waals surface area contributed by atoms with Crippen molar-refractivity contribution in [2.75, 3.05) is 18.4 Å². The summed E-state index contributed by atoms with van der Waals surface area (Å²) >= 11 is 1.71. The fourth-order valence-electron chi connectivity index (χ4n) is 4.15. The zero-order chi connectivity index (χ0) is 18.2. The van der Waals surface area contributed by atoms with Crippen molar-refractivity contribution in [2.45, 2.75) is 19.5 Å². The Hall–Kier alpha value is -2.58. The molecule has 3 aromatic rings. The van der Waals surface area contributed by atoms with Crippen LogP contribution in [0.3, 0.4) is 0 Å². The van der Waals surface area contributed by atoms with Crippen LogP contribution in [0.2, 0.25) is 0 Å². The SMILES string of the molecule is O=C(Nc1ccccc1)c1nnc2n1C[C@H]1CN(Cc3nccs3)C[C@@H]1C2. The lowest BCUT2D eigenvalue weighted by Crippen LogP contribution is -2.31. The quantitative estimate of drug-likeness (QED) is 0.752. The van der Waals surface area contributed by atoms with Crippen LogP contribution in [0.1, 0.15) is 21.5 Å². The molecule has 0 spiro atoms. The van der Waals surface area contributed by atoms with E-state index >= 15 is 0 Å². The summed E-state index contributed by atoms with van der Waals surface area (Å²) in [6.45, 7) is 3.80. The number of carbonyl (C=O) groups is 1. The summed E-state index contributed by atoms with van der Waals surface area (Å²) in [5.41, 5.74) is 0.768. The fourth-order valence-corrected chi connectivity index (χ4v) is 4.81. The number of aromatic nitrogens is 4. The van der Waals surface area contributed by atoms with Crippen molar-refractivity contribution >= 4 is 22.9 Å². The molecule has 138 valence electrons. The van der Waals surface area contributed by atoms with Crippen molar-refractivity contribution < 1.29 is 4.79 Å². The zero-order valence-corrected chi connectivity index (χ0v) is 15.6. The summed E-state index contributed by atoms with van der Waals surface area (Å²) in [4.78, 5) is 19.5. The standard InChI is InChI=1S/C19H20N6OS/c26-19(21-15-4-2-1-3-5-15)18-23-22-16-8-13-9-24(10-14(13)11-25(16)18)12-17-20-6-7-27-17/h1-7,13-14H,8-12H2,(H,21,26)/t13-,14+/m0/s1. The van der Waals surface area contributed by atoms with Crippen molar-refractivity contribution in [3.8, 4) is 0 Å². The maximum absolute atomic E-state index is 12.7. The predicted octanol–water partition coefficient (Wildman–Crippen LogP) is 2.29. The molecular formula is C19H20N6OS. The van der Waals surface area contributed by atoms with Crippen LogP contribution in [0, 0.1) is 11.8 Å². The highest BCUT2D eigenvalue weighted by atomic mass is 32.1. The van der Waals surface area contributed by atoms with E-state index in [2.05, 4.69) is 25.4 Å². The Balaban J connectivity index is 1.30. The van der Waals surface area contributed by atoms with E-state index in [1.54, 1.807) is 11.3 Å². The third kappa shape index (κ3) is 3.26. The fraction of sp³-hybridized carbons (Fsp3) is 0.368. The number of thiazole rings is 1. The normalized spacial score (nSPS) is 21.6. The Morgan fingerprint density at radius 3 is 2.81 bits per heavy atom. The number of para-hydroxylation sites is 1. The van der Waals surface area contributed by atoms with Gasteiger partial charge in [0.25, 0.3) is 5.91 Å². The van der Waals surface area contributed by atoms with Gasteiger partial charge in [-0.05, 0) is 24.0 Å². The largest absolute Gasteiger partial charge is 0.319 e. The number of rotatable bonds is 4. The molecule has 0 bridgehead atoms. The first-order valence-corrected chi connectivity index (χ1v) is 10.0. The molecule has 0 radical (unpaired) electrons. The van der Waals surface area contributed by atoms with Crippen molar-refractivity contribution in [3.63, 3.8) is 0 Å². The highest BCUT2D eigenvalue weighted by Gasteiger charge is 2.39. The number of amides is 1. The summed E-state index contributed by atoms with van der Waals surface area (Å²) in [6, 6.07) is 9.46. The van der Waals surface area contributed by atoms with Crippen molar-refractivity contribution in [1.82, 2.24) is 24.6 Å². The zero-order valence-electron chi connectivity index (χ0n) is 14.8. The van der Waals surface area contributed by atoms with Crippen LogP contribution in [0.25, 0.3) is 0 Å². The lowest BCUT2D eigenvalue weighted by Gasteiger charge is -2.25. The average Bonchev–Trinajstić information content (AvgIpc) is 3.40. The summed E-state index contributed by atoms with van der Waals surface area (Å²) in [5, 5.41) is 14.6. The van der Waals surface area contributed by atoms with Gasteiger partial charge in [-0.15, -0.1) is 21.5 Å². The van der Waals surface area contributed by atoms with Crippen molar-refractivity contribution in [1.29, 1.82) is 0 Å². The minimum absolute atomic E-state index is 0.198. The number of hydrogen-bond acceptors (Lipinski definition) is 6. The first-order valence-electron chi connectivity index (χ1n) is 9.15. The second-order valence-corrected chi connectivity index (χ2v) is 8.19. The van der Waals surface area contributed by atoms with E-state index < -0.39 is 0 Å². The van der Waals surface area contributed by atoms with Crippen LogP contribution in [0.4, 0.5) is 5.69 Å². The van der Waals surface area contributed by atoms with E-state index in [4.69, 9.17) is 0 Å². The first kappa shape index (κ1) is 16.6. The van der Waals surface area contributed by atoms with E-state index in [1.165, 1.54) is 0 Å². The van der Waals surface area contributed by atoms with E-state index in [-0.39, 0.29) is 5.91 Å². The molecule has 7 nitrogen and oxygen atoms in total. The molecular weight excluding hydrogens is 360 g/mol. The number of benzene rings is 1. The van der Waals surface area contributed by atoms with Gasteiger partial charge in [-0.1, -0.05) is 18.2 Å². The Morgan fingerprint density at radius 2 is 2.00 bits per heavy atom. The second kappa shape index (κ2) is 6.86. The van der Waals surface area contributed by atoms with Gasteiger partial charge in [0.2, 0.25) is 5.82 Å². The molecule has 1 amide bonds. The van der Waals surface area contributed by atoms with Gasteiger partial charge < -0.3 is 9.88 Å². The summed E-state index contributed by atoms with van der Waals surface area (Å²) in [5.74, 6) is 2.23. The number of carbonyl (C=O) groups excluding carboxylic acids is 1. The van der Waals surface area contributed by atoms with E-state index in [1.807, 2.05) is 46.5 Å². The van der Waals surface area contributed by atoms with Gasteiger partial charge in [-0.25, -0.2) is 4.98 Å². The smallest absolute Gasteiger partial charge is 0.293 e. The maximum atomic E-state index is 12.7. The summed E-state index contributed by atoms with van der Waals surface area (Å²) in [7, 11) is 0. The molecule has 2 atom stereocenters. The molecule has 4 heterocycles. The van der Waals surface area contributed by atoms with Gasteiger partial charge in [0.1, 0.15) is 10.8 Å². The Morgan fingerprint density at radius 1 is 1.15 bits per heavy atom. The highest BCUT2D eigenvalue weighted by Crippen LogP contribution is 2.33. The number of nitrogens with one attached hydrogen (secondary N) is 1. The van der Waals surface area contributed by atoms with Gasteiger partial charge in [-0.3, -0.25) is 9.69 Å². The molecule has 2 aromatic heterocycles. The van der Waals surface area contributed by atoms with Gasteiger partial charge >= 0.3 is 0 Å². The molecule has 1 N–H and O–H groups in total. The second-order valence-electron chi connectivity index (χ2n) is 7.21. The first-order chi connectivity index (χ1) is 13.3. The maximum Gasteiger partial charge on any atom is 0.293 e. The minimum Gasteiger partial charge on any atom is -0.319 e. The molecule has 0 saturated carbocycles. The van der Waals surface area contributed by atoms with Crippen LogP contribution < -0.4 is 5.32 Å². The third-order valence-corrected chi connectivity index (χ3v) is 6.18. The Labute approximate surface area is 161 Å². The van der Waals surface area contributed by atoms with Gasteiger partial charge in [0.05, 0.1) is 6.54 Å². The molecule has 0 unspecified atom stereocenters. The molecule has 2 aliphatic heterocycles. The number of hydrogen-bond donors (Lipinski definition) is 1. The van der Waals surface area contributed by atoms with Crippen LogP contribution >= 0.6 is 11.3 Å². The average molecular weight is 380 g/mol. The van der Waals surface area contributed by atoms with Crippen molar-refractivity contribution in [3.05, 3.63) is 58.6 Å². The lowest BCUT2D eigenvalue weighted by molar-refractivity contribution is 0.100.